The van der Waals surface area contributed by atoms with Crippen molar-refractivity contribution in [1.82, 2.24) is 5.32 Å². The second-order valence-electron chi connectivity index (χ2n) is 4.99. The van der Waals surface area contributed by atoms with E-state index in [-0.39, 0.29) is 12.6 Å². The zero-order valence-corrected chi connectivity index (χ0v) is 11.7. The lowest BCUT2D eigenvalue weighted by molar-refractivity contribution is -0.173. The highest BCUT2D eigenvalue weighted by atomic mass is 35.5. The number of hydrogen-bond donors (Lipinski definition) is 1. The summed E-state index contributed by atoms with van der Waals surface area (Å²) in [5, 5.41) is 3.95. The quantitative estimate of drug-likeness (QED) is 0.770. The summed E-state index contributed by atoms with van der Waals surface area (Å²) in [4.78, 5) is 0. The van der Waals surface area contributed by atoms with Gasteiger partial charge in [0.1, 0.15) is 6.61 Å². The van der Waals surface area contributed by atoms with Gasteiger partial charge < -0.3 is 10.1 Å². The maximum atomic E-state index is 11.9. The SMILES string of the molecule is FC(F)(F)COCCNC(c1ccc(Cl)cc1)C1CC1. The van der Waals surface area contributed by atoms with E-state index in [0.717, 1.165) is 18.4 Å². The van der Waals surface area contributed by atoms with E-state index in [9.17, 15) is 13.2 Å². The van der Waals surface area contributed by atoms with Gasteiger partial charge >= 0.3 is 6.18 Å². The lowest BCUT2D eigenvalue weighted by Crippen LogP contribution is -2.28. The third-order valence-corrected chi connectivity index (χ3v) is 3.45. The first-order valence-electron chi connectivity index (χ1n) is 6.59. The van der Waals surface area contributed by atoms with Crippen LogP contribution in [0.5, 0.6) is 0 Å². The van der Waals surface area contributed by atoms with Crippen molar-refractivity contribution >= 4 is 11.6 Å². The molecule has 2 nitrogen and oxygen atoms in total. The van der Waals surface area contributed by atoms with Crippen molar-refractivity contribution in [3.8, 4) is 0 Å². The highest BCUT2D eigenvalue weighted by Gasteiger charge is 2.32. The van der Waals surface area contributed by atoms with Crippen molar-refractivity contribution in [2.45, 2.75) is 25.1 Å². The van der Waals surface area contributed by atoms with E-state index in [1.807, 2.05) is 24.3 Å². The molecule has 0 radical (unpaired) electrons. The molecule has 0 spiro atoms. The number of nitrogens with one attached hydrogen (secondary N) is 1. The standard InChI is InChI=1S/C14H17ClF3NO/c15-12-5-3-11(4-6-12)13(10-1-2-10)19-7-8-20-9-14(16,17)18/h3-6,10,13,19H,1-2,7-9H2. The van der Waals surface area contributed by atoms with Gasteiger partial charge in [-0.05, 0) is 36.5 Å². The largest absolute Gasteiger partial charge is 0.411 e. The Morgan fingerprint density at radius 2 is 1.90 bits per heavy atom. The molecule has 1 fully saturated rings. The summed E-state index contributed by atoms with van der Waals surface area (Å²) in [6.45, 7) is -0.736. The first-order chi connectivity index (χ1) is 9.46. The second-order valence-corrected chi connectivity index (χ2v) is 5.42. The Bertz CT molecular complexity index is 417. The molecule has 1 aliphatic carbocycles. The third-order valence-electron chi connectivity index (χ3n) is 3.20. The van der Waals surface area contributed by atoms with Crippen LogP contribution in [0.1, 0.15) is 24.4 Å². The van der Waals surface area contributed by atoms with Crippen molar-refractivity contribution in [3.63, 3.8) is 0 Å². The van der Waals surface area contributed by atoms with Crippen molar-refractivity contribution in [1.29, 1.82) is 0 Å². The molecular weight excluding hydrogens is 291 g/mol. The summed E-state index contributed by atoms with van der Waals surface area (Å²) in [5.41, 5.74) is 1.12. The summed E-state index contributed by atoms with van der Waals surface area (Å²) in [6, 6.07) is 7.73. The molecule has 1 N–H and O–H groups in total. The fourth-order valence-corrected chi connectivity index (χ4v) is 2.26. The van der Waals surface area contributed by atoms with Gasteiger partial charge in [-0.3, -0.25) is 0 Å². The Kier molecular flexibility index (Phi) is 5.29. The molecule has 6 heteroatoms. The smallest absolute Gasteiger partial charge is 0.371 e. The number of rotatable bonds is 7. The predicted molar refractivity (Wildman–Crippen MR) is 71.8 cm³/mol. The predicted octanol–water partition coefficient (Wildman–Crippen LogP) is 3.96. The Balaban J connectivity index is 1.77. The van der Waals surface area contributed by atoms with Gasteiger partial charge in [-0.2, -0.15) is 13.2 Å². The van der Waals surface area contributed by atoms with E-state index in [0.29, 0.717) is 17.5 Å². The van der Waals surface area contributed by atoms with Crippen molar-refractivity contribution < 1.29 is 17.9 Å². The van der Waals surface area contributed by atoms with Gasteiger partial charge in [0.15, 0.2) is 0 Å². The number of halogens is 4. The average Bonchev–Trinajstić information content (AvgIpc) is 3.18. The normalized spacial score (nSPS) is 17.2. The van der Waals surface area contributed by atoms with E-state index in [4.69, 9.17) is 11.6 Å². The van der Waals surface area contributed by atoms with Gasteiger partial charge in [-0.15, -0.1) is 0 Å². The molecule has 0 bridgehead atoms. The van der Waals surface area contributed by atoms with Crippen LogP contribution in [0, 0.1) is 5.92 Å². The molecule has 2 rings (SSSR count). The molecule has 1 aromatic carbocycles. The van der Waals surface area contributed by atoms with Crippen molar-refractivity contribution in [3.05, 3.63) is 34.9 Å². The van der Waals surface area contributed by atoms with Crippen LogP contribution in [0.2, 0.25) is 5.02 Å². The maximum Gasteiger partial charge on any atom is 0.411 e. The van der Waals surface area contributed by atoms with E-state index in [1.54, 1.807) is 0 Å². The highest BCUT2D eigenvalue weighted by molar-refractivity contribution is 6.30. The summed E-state index contributed by atoms with van der Waals surface area (Å²) < 4.78 is 40.4. The lowest BCUT2D eigenvalue weighted by Gasteiger charge is -2.19. The highest BCUT2D eigenvalue weighted by Crippen LogP contribution is 2.41. The van der Waals surface area contributed by atoms with E-state index < -0.39 is 12.8 Å². The van der Waals surface area contributed by atoms with Crippen molar-refractivity contribution in [2.75, 3.05) is 19.8 Å². The minimum Gasteiger partial charge on any atom is -0.371 e. The number of alkyl halides is 3. The number of ether oxygens (including phenoxy) is 1. The van der Waals surface area contributed by atoms with Crippen LogP contribution in [-0.4, -0.2) is 25.9 Å². The van der Waals surface area contributed by atoms with Gasteiger partial charge in [0.2, 0.25) is 0 Å². The first-order valence-corrected chi connectivity index (χ1v) is 6.97. The zero-order chi connectivity index (χ0) is 14.6. The van der Waals surface area contributed by atoms with Crippen LogP contribution < -0.4 is 5.32 Å². The molecule has 0 amide bonds. The molecule has 1 saturated carbocycles. The molecule has 0 saturated heterocycles. The molecule has 1 unspecified atom stereocenters. The molecule has 0 heterocycles. The monoisotopic (exact) mass is 307 g/mol. The third kappa shape index (κ3) is 5.31. The lowest BCUT2D eigenvalue weighted by atomic mass is 10.0. The molecule has 0 aliphatic heterocycles. The Labute approximate surface area is 121 Å². The molecule has 1 atom stereocenters. The average molecular weight is 308 g/mol. The van der Waals surface area contributed by atoms with Crippen LogP contribution in [0.15, 0.2) is 24.3 Å². The summed E-state index contributed by atoms with van der Waals surface area (Å²) in [6.07, 6.45) is -1.97. The van der Waals surface area contributed by atoms with Gasteiger partial charge in [0, 0.05) is 17.6 Å². The number of hydrogen-bond acceptors (Lipinski definition) is 2. The van der Waals surface area contributed by atoms with E-state index in [1.165, 1.54) is 0 Å². The topological polar surface area (TPSA) is 21.3 Å². The molecule has 0 aromatic heterocycles. The maximum absolute atomic E-state index is 11.9. The molecule has 1 aromatic rings. The van der Waals surface area contributed by atoms with Gasteiger partial charge in [0.25, 0.3) is 0 Å². The first kappa shape index (κ1) is 15.6. The molecule has 1 aliphatic rings. The number of benzene rings is 1. The van der Waals surface area contributed by atoms with E-state index in [2.05, 4.69) is 10.1 Å². The van der Waals surface area contributed by atoms with Crippen molar-refractivity contribution in [2.24, 2.45) is 5.92 Å². The molecule has 20 heavy (non-hydrogen) atoms. The fourth-order valence-electron chi connectivity index (χ4n) is 2.13. The van der Waals surface area contributed by atoms with Gasteiger partial charge in [0.05, 0.1) is 6.61 Å². The Morgan fingerprint density at radius 1 is 1.25 bits per heavy atom. The van der Waals surface area contributed by atoms with E-state index >= 15 is 0 Å². The Morgan fingerprint density at radius 3 is 2.45 bits per heavy atom. The van der Waals surface area contributed by atoms with Crippen LogP contribution in [0.25, 0.3) is 0 Å². The fraction of sp³-hybridized carbons (Fsp3) is 0.571. The minimum atomic E-state index is -4.26. The minimum absolute atomic E-state index is 0.0519. The summed E-state index contributed by atoms with van der Waals surface area (Å²) in [5.74, 6) is 0.554. The van der Waals surface area contributed by atoms with Crippen LogP contribution >= 0.6 is 11.6 Å². The van der Waals surface area contributed by atoms with Crippen LogP contribution in [0.3, 0.4) is 0 Å². The molecular formula is C14H17ClF3NO. The summed E-state index contributed by atoms with van der Waals surface area (Å²) in [7, 11) is 0. The summed E-state index contributed by atoms with van der Waals surface area (Å²) >= 11 is 5.85. The Hall–Kier alpha value is -0.780. The second kappa shape index (κ2) is 6.78. The van der Waals surface area contributed by atoms with Crippen LogP contribution in [0.4, 0.5) is 13.2 Å². The van der Waals surface area contributed by atoms with Crippen LogP contribution in [-0.2, 0) is 4.74 Å². The zero-order valence-electron chi connectivity index (χ0n) is 10.9. The van der Waals surface area contributed by atoms with Gasteiger partial charge in [-0.25, -0.2) is 0 Å². The molecule has 112 valence electrons. The van der Waals surface area contributed by atoms with Gasteiger partial charge in [-0.1, -0.05) is 23.7 Å².